The quantitative estimate of drug-likeness (QED) is 0.334. The summed E-state index contributed by atoms with van der Waals surface area (Å²) in [5.41, 5.74) is 11.7. The van der Waals surface area contributed by atoms with E-state index in [9.17, 15) is 9.18 Å². The molecule has 0 bridgehead atoms. The van der Waals surface area contributed by atoms with Gasteiger partial charge in [0.25, 0.3) is 5.91 Å². The first-order valence-electron chi connectivity index (χ1n) is 10.9. The molecule has 2 aromatic heterocycles. The van der Waals surface area contributed by atoms with E-state index < -0.39 is 12.1 Å². The van der Waals surface area contributed by atoms with Crippen LogP contribution < -0.4 is 11.1 Å². The van der Waals surface area contributed by atoms with Gasteiger partial charge in [-0.15, -0.1) is 0 Å². The maximum Gasteiger partial charge on any atom is 0.252 e. The third-order valence-corrected chi connectivity index (χ3v) is 5.54. The Labute approximate surface area is 187 Å². The van der Waals surface area contributed by atoms with Crippen molar-refractivity contribution in [3.05, 3.63) is 78.6 Å². The molecule has 32 heavy (non-hydrogen) atoms. The number of anilines is 1. The highest BCUT2D eigenvalue weighted by atomic mass is 19.1. The van der Waals surface area contributed by atoms with E-state index in [0.717, 1.165) is 40.6 Å². The van der Waals surface area contributed by atoms with E-state index in [1.807, 2.05) is 36.5 Å². The third kappa shape index (κ3) is 4.80. The van der Waals surface area contributed by atoms with Gasteiger partial charge >= 0.3 is 0 Å². The van der Waals surface area contributed by atoms with Gasteiger partial charge in [-0.25, -0.2) is 8.91 Å². The Morgan fingerprint density at radius 3 is 2.47 bits per heavy atom. The number of amides is 1. The molecule has 1 atom stereocenters. The SMILES string of the molecule is CC(F)CCCCNc1c(C(N)=O)cnn2cc(-c3cccc(-c4ccccc4)c3)cc12. The number of nitrogens with zero attached hydrogens (tertiary/aromatic N) is 2. The topological polar surface area (TPSA) is 72.4 Å². The number of rotatable bonds is 9. The summed E-state index contributed by atoms with van der Waals surface area (Å²) in [5, 5.41) is 7.71. The summed E-state index contributed by atoms with van der Waals surface area (Å²) in [6, 6.07) is 20.6. The molecule has 4 rings (SSSR count). The molecular weight excluding hydrogens is 403 g/mol. The first-order chi connectivity index (χ1) is 15.5. The molecule has 4 aromatic rings. The number of carbonyl (C=O) groups excluding carboxylic acids is 1. The van der Waals surface area contributed by atoms with Crippen molar-refractivity contribution in [3.8, 4) is 22.3 Å². The number of hydrogen-bond donors (Lipinski definition) is 2. The fourth-order valence-electron chi connectivity index (χ4n) is 3.86. The van der Waals surface area contributed by atoms with Crippen LogP contribution in [0.5, 0.6) is 0 Å². The predicted octanol–water partition coefficient (Wildman–Crippen LogP) is 5.71. The van der Waals surface area contributed by atoms with Crippen molar-refractivity contribution in [2.24, 2.45) is 5.73 Å². The number of unbranched alkanes of at least 4 members (excludes halogenated alkanes) is 1. The summed E-state index contributed by atoms with van der Waals surface area (Å²) in [4.78, 5) is 12.0. The molecule has 0 radical (unpaired) electrons. The number of benzene rings is 2. The Morgan fingerprint density at radius 1 is 1.03 bits per heavy atom. The van der Waals surface area contributed by atoms with Crippen LogP contribution in [0.1, 0.15) is 36.5 Å². The number of fused-ring (bicyclic) bond motifs is 1. The van der Waals surface area contributed by atoms with Crippen molar-refractivity contribution >= 4 is 17.1 Å². The maximum atomic E-state index is 13.0. The fraction of sp³-hybridized carbons (Fsp3) is 0.231. The van der Waals surface area contributed by atoms with Crippen molar-refractivity contribution in [2.45, 2.75) is 32.4 Å². The molecule has 0 aliphatic carbocycles. The molecule has 2 heterocycles. The van der Waals surface area contributed by atoms with Gasteiger partial charge in [0.15, 0.2) is 0 Å². The molecule has 1 amide bonds. The first kappa shape index (κ1) is 21.6. The van der Waals surface area contributed by atoms with E-state index in [0.29, 0.717) is 24.2 Å². The highest BCUT2D eigenvalue weighted by Crippen LogP contribution is 2.31. The van der Waals surface area contributed by atoms with E-state index in [4.69, 9.17) is 5.73 Å². The minimum atomic E-state index is -0.802. The molecule has 0 saturated heterocycles. The van der Waals surface area contributed by atoms with Gasteiger partial charge in [0.1, 0.15) is 0 Å². The van der Waals surface area contributed by atoms with E-state index in [1.165, 1.54) is 6.20 Å². The summed E-state index contributed by atoms with van der Waals surface area (Å²) >= 11 is 0. The van der Waals surface area contributed by atoms with Crippen molar-refractivity contribution in [2.75, 3.05) is 11.9 Å². The smallest absolute Gasteiger partial charge is 0.252 e. The Kier molecular flexibility index (Phi) is 6.50. The molecule has 0 fully saturated rings. The molecule has 6 heteroatoms. The summed E-state index contributed by atoms with van der Waals surface area (Å²) in [7, 11) is 0. The molecule has 0 saturated carbocycles. The number of nitrogens with one attached hydrogen (secondary N) is 1. The summed E-state index contributed by atoms with van der Waals surface area (Å²) in [6.07, 6.45) is 4.74. The number of primary amides is 1. The Bertz CT molecular complexity index is 1220. The monoisotopic (exact) mass is 430 g/mol. The molecule has 3 N–H and O–H groups in total. The number of aromatic nitrogens is 2. The summed E-state index contributed by atoms with van der Waals surface area (Å²) in [5.74, 6) is -0.534. The van der Waals surface area contributed by atoms with Gasteiger partial charge in [-0.05, 0) is 55.0 Å². The minimum absolute atomic E-state index is 0.346. The van der Waals surface area contributed by atoms with E-state index in [2.05, 4.69) is 40.7 Å². The van der Waals surface area contributed by atoms with Crippen LogP contribution in [0.3, 0.4) is 0 Å². The molecule has 5 nitrogen and oxygen atoms in total. The number of halogens is 1. The first-order valence-corrected chi connectivity index (χ1v) is 10.9. The van der Waals surface area contributed by atoms with Gasteiger partial charge in [-0.2, -0.15) is 5.10 Å². The predicted molar refractivity (Wildman–Crippen MR) is 127 cm³/mol. The molecule has 2 aromatic carbocycles. The van der Waals surface area contributed by atoms with Crippen molar-refractivity contribution < 1.29 is 9.18 Å². The van der Waals surface area contributed by atoms with E-state index in [-0.39, 0.29) is 0 Å². The summed E-state index contributed by atoms with van der Waals surface area (Å²) in [6.45, 7) is 2.19. The molecular formula is C26H27FN4O. The van der Waals surface area contributed by atoms with Gasteiger partial charge in [-0.1, -0.05) is 48.5 Å². The molecule has 0 spiro atoms. The summed E-state index contributed by atoms with van der Waals surface area (Å²) < 4.78 is 14.8. The van der Waals surface area contributed by atoms with E-state index in [1.54, 1.807) is 11.4 Å². The Morgan fingerprint density at radius 2 is 1.75 bits per heavy atom. The largest absolute Gasteiger partial charge is 0.383 e. The lowest BCUT2D eigenvalue weighted by Gasteiger charge is -2.11. The van der Waals surface area contributed by atoms with Crippen LogP contribution in [0.25, 0.3) is 27.8 Å². The second-order valence-electron chi connectivity index (χ2n) is 8.01. The number of nitrogens with two attached hydrogens (primary N) is 1. The van der Waals surface area contributed by atoms with Gasteiger partial charge in [0.05, 0.1) is 29.1 Å². The number of hydrogen-bond acceptors (Lipinski definition) is 3. The Hall–Kier alpha value is -3.67. The molecule has 1 unspecified atom stereocenters. The van der Waals surface area contributed by atoms with Crippen LogP contribution in [0.4, 0.5) is 10.1 Å². The number of carbonyl (C=O) groups is 1. The minimum Gasteiger partial charge on any atom is -0.383 e. The average Bonchev–Trinajstić information content (AvgIpc) is 3.24. The van der Waals surface area contributed by atoms with E-state index >= 15 is 0 Å². The van der Waals surface area contributed by atoms with Crippen molar-refractivity contribution in [3.63, 3.8) is 0 Å². The van der Waals surface area contributed by atoms with Crippen molar-refractivity contribution in [1.82, 2.24) is 9.61 Å². The zero-order valence-electron chi connectivity index (χ0n) is 18.1. The zero-order valence-corrected chi connectivity index (χ0v) is 18.1. The van der Waals surface area contributed by atoms with Crippen LogP contribution in [0, 0.1) is 0 Å². The third-order valence-electron chi connectivity index (χ3n) is 5.54. The maximum absolute atomic E-state index is 13.0. The highest BCUT2D eigenvalue weighted by Gasteiger charge is 2.15. The van der Waals surface area contributed by atoms with Crippen LogP contribution in [0.2, 0.25) is 0 Å². The van der Waals surface area contributed by atoms with Gasteiger partial charge in [0.2, 0.25) is 0 Å². The molecule has 164 valence electrons. The highest BCUT2D eigenvalue weighted by molar-refractivity contribution is 6.02. The number of alkyl halides is 1. The average molecular weight is 431 g/mol. The standard InChI is InChI=1S/C26H27FN4O/c1-18(27)8-5-6-13-29-25-23(26(28)32)16-30-31-17-22(15-24(25)31)21-12-7-11-20(14-21)19-9-3-2-4-10-19/h2-4,7,9-12,14-18,29H,5-6,8,13H2,1H3,(H2,28,32). The van der Waals surface area contributed by atoms with Gasteiger partial charge in [-0.3, -0.25) is 4.79 Å². The van der Waals surface area contributed by atoms with Crippen LogP contribution >= 0.6 is 0 Å². The fourth-order valence-corrected chi connectivity index (χ4v) is 3.86. The zero-order chi connectivity index (χ0) is 22.5. The normalized spacial score (nSPS) is 12.1. The molecule has 0 aliphatic rings. The second-order valence-corrected chi connectivity index (χ2v) is 8.01. The van der Waals surface area contributed by atoms with Gasteiger partial charge in [0, 0.05) is 18.3 Å². The van der Waals surface area contributed by atoms with Crippen LogP contribution in [0.15, 0.2) is 73.1 Å². The van der Waals surface area contributed by atoms with Crippen LogP contribution in [-0.4, -0.2) is 28.2 Å². The molecule has 0 aliphatic heterocycles. The van der Waals surface area contributed by atoms with Gasteiger partial charge < -0.3 is 11.1 Å². The van der Waals surface area contributed by atoms with Crippen molar-refractivity contribution in [1.29, 1.82) is 0 Å². The lowest BCUT2D eigenvalue weighted by Crippen LogP contribution is -2.17. The lowest BCUT2D eigenvalue weighted by atomic mass is 10.0. The van der Waals surface area contributed by atoms with Crippen LogP contribution in [-0.2, 0) is 0 Å². The second kappa shape index (κ2) is 9.64. The lowest BCUT2D eigenvalue weighted by molar-refractivity contribution is 0.100. The Balaban J connectivity index is 1.66.